The molecule has 1 heterocycles. The minimum absolute atomic E-state index is 0.0414. The number of nitrogens with zero attached hydrogens (tertiary/aromatic N) is 2. The molecule has 0 aliphatic carbocycles. The summed E-state index contributed by atoms with van der Waals surface area (Å²) >= 11 is 1.75. The molecule has 0 saturated carbocycles. The molecule has 8 heteroatoms. The Morgan fingerprint density at radius 3 is 2.82 bits per heavy atom. The fourth-order valence-electron chi connectivity index (χ4n) is 1.22. The van der Waals surface area contributed by atoms with E-state index in [1.807, 2.05) is 6.26 Å². The number of pyridine rings is 1. The van der Waals surface area contributed by atoms with E-state index in [4.69, 9.17) is 5.84 Å². The lowest BCUT2D eigenvalue weighted by Gasteiger charge is -2.06. The van der Waals surface area contributed by atoms with Gasteiger partial charge >= 0.3 is 0 Å². The minimum Gasteiger partial charge on any atom is -0.370 e. The Morgan fingerprint density at radius 2 is 2.24 bits per heavy atom. The minimum atomic E-state index is -0.477. The summed E-state index contributed by atoms with van der Waals surface area (Å²) in [6.07, 6.45) is 3.00. The van der Waals surface area contributed by atoms with Gasteiger partial charge in [-0.3, -0.25) is 10.1 Å². The van der Waals surface area contributed by atoms with Crippen molar-refractivity contribution >= 4 is 29.1 Å². The molecule has 94 valence electrons. The van der Waals surface area contributed by atoms with Gasteiger partial charge in [0.15, 0.2) is 0 Å². The number of hydrogen-bond donors (Lipinski definition) is 3. The molecule has 0 saturated heterocycles. The SMILES string of the molecule is CSCCCNc1cc([N+](=O)[O-])cc(NN)n1. The molecule has 0 atom stereocenters. The second-order valence-electron chi connectivity index (χ2n) is 3.27. The smallest absolute Gasteiger partial charge is 0.276 e. The molecule has 0 aliphatic heterocycles. The summed E-state index contributed by atoms with van der Waals surface area (Å²) in [4.78, 5) is 14.3. The lowest BCUT2D eigenvalue weighted by molar-refractivity contribution is -0.384. The van der Waals surface area contributed by atoms with Crippen molar-refractivity contribution in [1.29, 1.82) is 0 Å². The van der Waals surface area contributed by atoms with Crippen LogP contribution in [-0.4, -0.2) is 28.5 Å². The van der Waals surface area contributed by atoms with E-state index in [-0.39, 0.29) is 11.5 Å². The van der Waals surface area contributed by atoms with Gasteiger partial charge in [-0.15, -0.1) is 0 Å². The summed E-state index contributed by atoms with van der Waals surface area (Å²) in [5.41, 5.74) is 2.26. The van der Waals surface area contributed by atoms with Crippen LogP contribution in [0.4, 0.5) is 17.3 Å². The summed E-state index contributed by atoms with van der Waals surface area (Å²) < 4.78 is 0. The fourth-order valence-corrected chi connectivity index (χ4v) is 1.65. The first-order chi connectivity index (χ1) is 8.17. The average molecular weight is 257 g/mol. The van der Waals surface area contributed by atoms with Crippen LogP contribution >= 0.6 is 11.8 Å². The van der Waals surface area contributed by atoms with Gasteiger partial charge in [0.1, 0.15) is 11.6 Å². The van der Waals surface area contributed by atoms with Gasteiger partial charge in [0.05, 0.1) is 17.1 Å². The molecular formula is C9H15N5O2S. The summed E-state index contributed by atoms with van der Waals surface area (Å²) in [5, 5.41) is 13.7. The van der Waals surface area contributed by atoms with Gasteiger partial charge in [0.2, 0.25) is 0 Å². The highest BCUT2D eigenvalue weighted by Gasteiger charge is 2.10. The lowest BCUT2D eigenvalue weighted by Crippen LogP contribution is -2.11. The van der Waals surface area contributed by atoms with Crippen LogP contribution in [-0.2, 0) is 0 Å². The Kier molecular flexibility index (Phi) is 5.50. The molecule has 1 rings (SSSR count). The Bertz CT molecular complexity index is 388. The maximum Gasteiger partial charge on any atom is 0.276 e. The summed E-state index contributed by atoms with van der Waals surface area (Å²) in [6.45, 7) is 0.721. The van der Waals surface area contributed by atoms with Gasteiger partial charge in [-0.2, -0.15) is 11.8 Å². The van der Waals surface area contributed by atoms with Crippen molar-refractivity contribution in [2.45, 2.75) is 6.42 Å². The Balaban J connectivity index is 2.70. The highest BCUT2D eigenvalue weighted by atomic mass is 32.2. The van der Waals surface area contributed by atoms with Crippen molar-refractivity contribution < 1.29 is 4.92 Å². The monoisotopic (exact) mass is 257 g/mol. The maximum absolute atomic E-state index is 10.7. The van der Waals surface area contributed by atoms with E-state index in [2.05, 4.69) is 15.7 Å². The topological polar surface area (TPSA) is 106 Å². The van der Waals surface area contributed by atoms with Crippen molar-refractivity contribution in [1.82, 2.24) is 4.98 Å². The van der Waals surface area contributed by atoms with E-state index in [9.17, 15) is 10.1 Å². The molecule has 0 fully saturated rings. The predicted molar refractivity (Wildman–Crippen MR) is 70.2 cm³/mol. The summed E-state index contributed by atoms with van der Waals surface area (Å²) in [7, 11) is 0. The van der Waals surface area contributed by atoms with E-state index >= 15 is 0 Å². The van der Waals surface area contributed by atoms with Crippen LogP contribution in [0.1, 0.15) is 6.42 Å². The normalized spacial score (nSPS) is 10.0. The molecule has 0 aromatic carbocycles. The van der Waals surface area contributed by atoms with Gasteiger partial charge in [-0.25, -0.2) is 10.8 Å². The van der Waals surface area contributed by atoms with Crippen molar-refractivity contribution in [2.75, 3.05) is 29.3 Å². The number of aromatic nitrogens is 1. The van der Waals surface area contributed by atoms with Gasteiger partial charge in [0.25, 0.3) is 5.69 Å². The molecule has 4 N–H and O–H groups in total. The maximum atomic E-state index is 10.7. The molecule has 0 radical (unpaired) electrons. The van der Waals surface area contributed by atoms with E-state index in [1.165, 1.54) is 12.1 Å². The fraction of sp³-hybridized carbons (Fsp3) is 0.444. The Morgan fingerprint density at radius 1 is 1.53 bits per heavy atom. The summed E-state index contributed by atoms with van der Waals surface area (Å²) in [6, 6.07) is 2.67. The molecule has 0 unspecified atom stereocenters. The summed E-state index contributed by atoms with van der Waals surface area (Å²) in [5.74, 6) is 6.95. The van der Waals surface area contributed by atoms with E-state index in [0.29, 0.717) is 5.82 Å². The Hall–Kier alpha value is -1.54. The average Bonchev–Trinajstić information content (AvgIpc) is 2.34. The molecule has 0 amide bonds. The number of anilines is 2. The van der Waals surface area contributed by atoms with E-state index in [1.54, 1.807) is 11.8 Å². The highest BCUT2D eigenvalue weighted by molar-refractivity contribution is 7.98. The quantitative estimate of drug-likeness (QED) is 0.293. The zero-order chi connectivity index (χ0) is 12.7. The second kappa shape index (κ2) is 6.92. The van der Waals surface area contributed by atoms with E-state index in [0.717, 1.165) is 18.7 Å². The van der Waals surface area contributed by atoms with Crippen LogP contribution in [0, 0.1) is 10.1 Å². The standard InChI is InChI=1S/C9H15N5O2S/c1-17-4-2-3-11-8-5-7(14(15)16)6-9(12-8)13-10/h5-6H,2-4,10H2,1H3,(H2,11,12,13). The first kappa shape index (κ1) is 13.5. The largest absolute Gasteiger partial charge is 0.370 e. The van der Waals surface area contributed by atoms with Crippen molar-refractivity contribution in [3.63, 3.8) is 0 Å². The number of rotatable bonds is 7. The third-order valence-electron chi connectivity index (χ3n) is 2.00. The molecule has 0 bridgehead atoms. The number of hydrogen-bond acceptors (Lipinski definition) is 7. The highest BCUT2D eigenvalue weighted by Crippen LogP contribution is 2.19. The van der Waals surface area contributed by atoms with Crippen molar-refractivity contribution in [2.24, 2.45) is 5.84 Å². The number of nitrogens with two attached hydrogens (primary N) is 1. The predicted octanol–water partition coefficient (Wildman–Crippen LogP) is 1.44. The van der Waals surface area contributed by atoms with Crippen LogP contribution in [0.2, 0.25) is 0 Å². The van der Waals surface area contributed by atoms with Gasteiger partial charge in [0, 0.05) is 6.54 Å². The zero-order valence-corrected chi connectivity index (χ0v) is 10.3. The van der Waals surface area contributed by atoms with E-state index < -0.39 is 4.92 Å². The van der Waals surface area contributed by atoms with Crippen molar-refractivity contribution in [3.05, 3.63) is 22.2 Å². The first-order valence-electron chi connectivity index (χ1n) is 5.03. The zero-order valence-electron chi connectivity index (χ0n) is 9.47. The molecule has 1 aromatic heterocycles. The number of thioether (sulfide) groups is 1. The number of hydrazine groups is 1. The molecule has 0 spiro atoms. The van der Waals surface area contributed by atoms with Crippen LogP contribution in [0.5, 0.6) is 0 Å². The van der Waals surface area contributed by atoms with Crippen LogP contribution in [0.15, 0.2) is 12.1 Å². The van der Waals surface area contributed by atoms with Gasteiger partial charge in [-0.1, -0.05) is 0 Å². The second-order valence-corrected chi connectivity index (χ2v) is 4.26. The lowest BCUT2D eigenvalue weighted by atomic mass is 10.3. The molecule has 17 heavy (non-hydrogen) atoms. The van der Waals surface area contributed by atoms with Crippen LogP contribution < -0.4 is 16.6 Å². The third kappa shape index (κ3) is 4.45. The van der Waals surface area contributed by atoms with Crippen LogP contribution in [0.3, 0.4) is 0 Å². The molecular weight excluding hydrogens is 242 g/mol. The van der Waals surface area contributed by atoms with Gasteiger partial charge in [-0.05, 0) is 18.4 Å². The third-order valence-corrected chi connectivity index (χ3v) is 2.70. The van der Waals surface area contributed by atoms with Crippen LogP contribution in [0.25, 0.3) is 0 Å². The molecule has 0 aliphatic rings. The first-order valence-corrected chi connectivity index (χ1v) is 6.42. The number of nitrogens with one attached hydrogen (secondary N) is 2. The molecule has 1 aromatic rings. The van der Waals surface area contributed by atoms with Gasteiger partial charge < -0.3 is 10.7 Å². The molecule has 7 nitrogen and oxygen atoms in total. The number of nitrogen functional groups attached to an aromatic ring is 1. The van der Waals surface area contributed by atoms with Crippen molar-refractivity contribution in [3.8, 4) is 0 Å². The number of nitro groups is 1. The Labute approximate surface area is 103 Å².